The first-order chi connectivity index (χ1) is 5.83. The normalized spacial score (nSPS) is 9.08. The van der Waals surface area contributed by atoms with Crippen LogP contribution in [0.25, 0.3) is 0 Å². The van der Waals surface area contributed by atoms with Crippen LogP contribution in [0.15, 0.2) is 18.2 Å². The summed E-state index contributed by atoms with van der Waals surface area (Å²) in [4.78, 5) is 0. The van der Waals surface area contributed by atoms with Crippen LogP contribution in [0.3, 0.4) is 0 Å². The predicted molar refractivity (Wildman–Crippen MR) is 44.9 cm³/mol. The fraction of sp³-hybridized carbons (Fsp3) is 0.125. The van der Waals surface area contributed by atoms with Gasteiger partial charge < -0.3 is 10.5 Å². The van der Waals surface area contributed by atoms with Crippen LogP contribution in [0.2, 0.25) is 0 Å². The minimum absolute atomic E-state index is 0.191. The molecular weight excluding hydrogens is 154 g/mol. The summed E-state index contributed by atoms with van der Waals surface area (Å²) < 4.78 is 0. The number of nitriles is 1. The Kier molecular flexibility index (Phi) is 2.64. The molecule has 0 unspecified atom stereocenters. The molecule has 0 radical (unpaired) electrons. The third-order valence-corrected chi connectivity index (χ3v) is 1.61. The van der Waals surface area contributed by atoms with E-state index in [1.807, 2.05) is 6.07 Å². The lowest BCUT2D eigenvalue weighted by Gasteiger charge is -2.06. The molecule has 1 aromatic rings. The van der Waals surface area contributed by atoms with Crippen LogP contribution < -0.4 is 11.3 Å². The zero-order chi connectivity index (χ0) is 8.97. The van der Waals surface area contributed by atoms with E-state index in [1.165, 1.54) is 0 Å². The van der Waals surface area contributed by atoms with Crippen molar-refractivity contribution in [3.63, 3.8) is 0 Å². The van der Waals surface area contributed by atoms with Gasteiger partial charge in [0.1, 0.15) is 0 Å². The van der Waals surface area contributed by atoms with E-state index in [-0.39, 0.29) is 6.61 Å². The molecule has 1 rings (SSSR count). The third kappa shape index (κ3) is 1.37. The molecule has 4 heteroatoms. The molecule has 4 nitrogen and oxygen atoms in total. The maximum absolute atomic E-state index is 8.91. The Bertz CT molecular complexity index is 317. The molecule has 0 aliphatic heterocycles. The van der Waals surface area contributed by atoms with Crippen molar-refractivity contribution in [3.8, 4) is 6.07 Å². The Morgan fingerprint density at radius 2 is 2.33 bits per heavy atom. The molecular formula is C8H9N3O. The Balaban J connectivity index is 3.24. The summed E-state index contributed by atoms with van der Waals surface area (Å²) in [6.07, 6.45) is 0. The quantitative estimate of drug-likeness (QED) is 0.433. The van der Waals surface area contributed by atoms with Gasteiger partial charge in [-0.25, -0.2) is 0 Å². The van der Waals surface area contributed by atoms with E-state index in [9.17, 15) is 0 Å². The van der Waals surface area contributed by atoms with Crippen LogP contribution in [0.4, 0.5) is 5.69 Å². The first-order valence-corrected chi connectivity index (χ1v) is 3.43. The fourth-order valence-corrected chi connectivity index (χ4v) is 0.997. The van der Waals surface area contributed by atoms with Gasteiger partial charge in [0.05, 0.1) is 23.9 Å². The summed E-state index contributed by atoms with van der Waals surface area (Å²) in [6, 6.07) is 7.00. The lowest BCUT2D eigenvalue weighted by Crippen LogP contribution is -2.10. The maximum Gasteiger partial charge on any atom is 0.0996 e. The topological polar surface area (TPSA) is 82.1 Å². The number of nitrogens with two attached hydrogens (primary N) is 1. The van der Waals surface area contributed by atoms with E-state index in [0.29, 0.717) is 16.8 Å². The van der Waals surface area contributed by atoms with Gasteiger partial charge in [-0.1, -0.05) is 6.07 Å². The Labute approximate surface area is 70.2 Å². The van der Waals surface area contributed by atoms with Crippen molar-refractivity contribution in [2.45, 2.75) is 6.61 Å². The molecule has 0 aliphatic carbocycles. The van der Waals surface area contributed by atoms with Gasteiger partial charge in [0.15, 0.2) is 0 Å². The molecule has 0 amide bonds. The summed E-state index contributed by atoms with van der Waals surface area (Å²) in [6.45, 7) is -0.191. The van der Waals surface area contributed by atoms with Gasteiger partial charge in [0.25, 0.3) is 0 Å². The van der Waals surface area contributed by atoms with Gasteiger partial charge in [0.2, 0.25) is 0 Å². The van der Waals surface area contributed by atoms with E-state index in [2.05, 4.69) is 5.43 Å². The zero-order valence-electron chi connectivity index (χ0n) is 6.41. The van der Waals surface area contributed by atoms with Crippen LogP contribution in [0.1, 0.15) is 11.1 Å². The predicted octanol–water partition coefficient (Wildman–Crippen LogP) is 0.336. The van der Waals surface area contributed by atoms with Crippen LogP contribution in [-0.2, 0) is 6.61 Å². The van der Waals surface area contributed by atoms with Gasteiger partial charge in [-0.3, -0.25) is 5.84 Å². The third-order valence-electron chi connectivity index (χ3n) is 1.61. The number of benzene rings is 1. The van der Waals surface area contributed by atoms with Crippen LogP contribution in [0, 0.1) is 11.3 Å². The minimum Gasteiger partial charge on any atom is -0.392 e. The molecule has 0 saturated carbocycles. The largest absolute Gasteiger partial charge is 0.392 e. The summed E-state index contributed by atoms with van der Waals surface area (Å²) in [5.41, 5.74) is 3.96. The molecule has 0 aliphatic rings. The molecule has 0 atom stereocenters. The molecule has 12 heavy (non-hydrogen) atoms. The maximum atomic E-state index is 8.91. The fourth-order valence-electron chi connectivity index (χ4n) is 0.997. The molecule has 1 aromatic carbocycles. The van der Waals surface area contributed by atoms with Crippen LogP contribution in [0.5, 0.6) is 0 Å². The Hall–Kier alpha value is -1.57. The van der Waals surface area contributed by atoms with E-state index in [4.69, 9.17) is 16.2 Å². The van der Waals surface area contributed by atoms with E-state index >= 15 is 0 Å². The smallest absolute Gasteiger partial charge is 0.0996 e. The van der Waals surface area contributed by atoms with Crippen molar-refractivity contribution in [1.82, 2.24) is 0 Å². The number of nitrogens with one attached hydrogen (secondary N) is 1. The minimum atomic E-state index is -0.191. The molecule has 0 aromatic heterocycles. The summed E-state index contributed by atoms with van der Waals surface area (Å²) in [7, 11) is 0. The Morgan fingerprint density at radius 1 is 1.58 bits per heavy atom. The number of nitrogens with zero attached hydrogens (tertiary/aromatic N) is 1. The van der Waals surface area contributed by atoms with Gasteiger partial charge in [0, 0.05) is 5.56 Å². The second-order valence-corrected chi connectivity index (χ2v) is 2.25. The molecule has 0 heterocycles. The summed E-state index contributed by atoms with van der Waals surface area (Å²) >= 11 is 0. The zero-order valence-corrected chi connectivity index (χ0v) is 6.41. The number of hydrogen-bond donors (Lipinski definition) is 3. The van der Waals surface area contributed by atoms with Gasteiger partial charge in [-0.2, -0.15) is 5.26 Å². The van der Waals surface area contributed by atoms with Crippen LogP contribution in [-0.4, -0.2) is 5.11 Å². The van der Waals surface area contributed by atoms with Crippen molar-refractivity contribution in [2.24, 2.45) is 5.84 Å². The highest BCUT2D eigenvalue weighted by molar-refractivity contribution is 5.57. The number of aliphatic hydroxyl groups excluding tert-OH is 1. The van der Waals surface area contributed by atoms with Crippen molar-refractivity contribution in [1.29, 1.82) is 5.26 Å². The molecule has 0 bridgehead atoms. The van der Waals surface area contributed by atoms with E-state index in [1.54, 1.807) is 18.2 Å². The van der Waals surface area contributed by atoms with Crippen molar-refractivity contribution in [2.75, 3.05) is 5.43 Å². The second kappa shape index (κ2) is 3.72. The standard InChI is InChI=1S/C8H9N3O/c9-4-6-2-1-3-8(11-10)7(6)5-12/h1-3,11-12H,5,10H2. The molecule has 0 fully saturated rings. The van der Waals surface area contributed by atoms with E-state index < -0.39 is 0 Å². The van der Waals surface area contributed by atoms with Crippen molar-refractivity contribution >= 4 is 5.69 Å². The second-order valence-electron chi connectivity index (χ2n) is 2.25. The lowest BCUT2D eigenvalue weighted by atomic mass is 10.1. The molecule has 0 saturated heterocycles. The molecule has 62 valence electrons. The number of hydrogen-bond acceptors (Lipinski definition) is 4. The highest BCUT2D eigenvalue weighted by Gasteiger charge is 2.04. The first kappa shape index (κ1) is 8.53. The average Bonchev–Trinajstić information content (AvgIpc) is 2.16. The number of anilines is 1. The summed E-state index contributed by atoms with van der Waals surface area (Å²) in [5.74, 6) is 5.18. The summed E-state index contributed by atoms with van der Waals surface area (Å²) in [5, 5.41) is 17.6. The number of aliphatic hydroxyl groups is 1. The highest BCUT2D eigenvalue weighted by Crippen LogP contribution is 2.17. The Morgan fingerprint density at radius 3 is 2.83 bits per heavy atom. The first-order valence-electron chi connectivity index (χ1n) is 3.43. The average molecular weight is 163 g/mol. The highest BCUT2D eigenvalue weighted by atomic mass is 16.3. The number of rotatable bonds is 2. The number of hydrazine groups is 1. The molecule has 4 N–H and O–H groups in total. The van der Waals surface area contributed by atoms with Gasteiger partial charge in [-0.05, 0) is 12.1 Å². The number of nitrogen functional groups attached to an aromatic ring is 1. The van der Waals surface area contributed by atoms with Gasteiger partial charge in [-0.15, -0.1) is 0 Å². The van der Waals surface area contributed by atoms with Crippen molar-refractivity contribution in [3.05, 3.63) is 29.3 Å². The van der Waals surface area contributed by atoms with Gasteiger partial charge >= 0.3 is 0 Å². The van der Waals surface area contributed by atoms with E-state index in [0.717, 1.165) is 0 Å². The SMILES string of the molecule is N#Cc1cccc(NN)c1CO. The monoisotopic (exact) mass is 163 g/mol. The lowest BCUT2D eigenvalue weighted by molar-refractivity contribution is 0.282. The van der Waals surface area contributed by atoms with Crippen molar-refractivity contribution < 1.29 is 5.11 Å². The molecule has 0 spiro atoms. The van der Waals surface area contributed by atoms with Crippen LogP contribution >= 0.6 is 0 Å².